The summed E-state index contributed by atoms with van der Waals surface area (Å²) in [6, 6.07) is 12.0. The van der Waals surface area contributed by atoms with Crippen LogP contribution < -0.4 is 5.32 Å². The molecule has 3 aromatic rings. The summed E-state index contributed by atoms with van der Waals surface area (Å²) in [6.45, 7) is 1.40. The number of hydrogen-bond acceptors (Lipinski definition) is 4. The number of fused-ring (bicyclic) bond motifs is 2. The summed E-state index contributed by atoms with van der Waals surface area (Å²) >= 11 is 12.3. The van der Waals surface area contributed by atoms with Crippen molar-refractivity contribution in [1.82, 2.24) is 14.7 Å². The summed E-state index contributed by atoms with van der Waals surface area (Å²) in [5.74, 6) is -2.76. The van der Waals surface area contributed by atoms with E-state index in [2.05, 4.69) is 28.5 Å². The molecule has 11 heteroatoms. The third-order valence-corrected chi connectivity index (χ3v) is 5.94. The highest BCUT2D eigenvalue weighted by Gasteiger charge is 2.38. The lowest BCUT2D eigenvalue weighted by Gasteiger charge is -2.28. The van der Waals surface area contributed by atoms with Crippen LogP contribution in [0.1, 0.15) is 23.2 Å². The van der Waals surface area contributed by atoms with Crippen molar-refractivity contribution in [2.24, 2.45) is 0 Å². The van der Waals surface area contributed by atoms with Gasteiger partial charge in [0.2, 0.25) is 0 Å². The molecule has 0 fully saturated rings. The number of aryl methyl sites for hydroxylation is 1. The number of aliphatic carboxylic acids is 1. The van der Waals surface area contributed by atoms with E-state index in [0.29, 0.717) is 23.3 Å². The van der Waals surface area contributed by atoms with Gasteiger partial charge in [0, 0.05) is 35.8 Å². The quantitative estimate of drug-likeness (QED) is 0.498. The Kier molecular flexibility index (Phi) is 7.34. The molecule has 0 aliphatic heterocycles. The second-order valence-corrected chi connectivity index (χ2v) is 8.22. The topological polar surface area (TPSA) is 86.9 Å². The largest absolute Gasteiger partial charge is 0.490 e. The van der Waals surface area contributed by atoms with Gasteiger partial charge in [-0.15, -0.1) is 0 Å². The van der Waals surface area contributed by atoms with Gasteiger partial charge in [0.05, 0.1) is 12.3 Å². The maximum absolute atomic E-state index is 10.6. The number of aliphatic hydroxyl groups excluding tert-OH is 1. The number of pyridine rings is 1. The van der Waals surface area contributed by atoms with Crippen molar-refractivity contribution in [2.45, 2.75) is 31.0 Å². The molecule has 172 valence electrons. The van der Waals surface area contributed by atoms with E-state index in [0.717, 1.165) is 24.2 Å². The van der Waals surface area contributed by atoms with Crippen molar-refractivity contribution < 1.29 is 28.2 Å². The molecule has 0 bridgehead atoms. The molecule has 2 aromatic heterocycles. The molecule has 1 aliphatic rings. The maximum Gasteiger partial charge on any atom is 0.490 e. The van der Waals surface area contributed by atoms with E-state index >= 15 is 0 Å². The molecule has 6 nitrogen and oxygen atoms in total. The van der Waals surface area contributed by atoms with Crippen LogP contribution in [0, 0.1) is 0 Å². The summed E-state index contributed by atoms with van der Waals surface area (Å²) in [5, 5.41) is 21.8. The fourth-order valence-corrected chi connectivity index (χ4v) is 4.19. The van der Waals surface area contributed by atoms with Crippen molar-refractivity contribution in [1.29, 1.82) is 0 Å². The average molecular weight is 490 g/mol. The number of hydrogen-bond donors (Lipinski definition) is 3. The number of aliphatic hydroxyl groups is 1. The Morgan fingerprint density at radius 2 is 1.94 bits per heavy atom. The van der Waals surface area contributed by atoms with E-state index < -0.39 is 12.1 Å². The number of carboxylic acids is 1. The summed E-state index contributed by atoms with van der Waals surface area (Å²) in [5.41, 5.74) is 3.99. The molecule has 0 saturated heterocycles. The van der Waals surface area contributed by atoms with Gasteiger partial charge in [0.25, 0.3) is 0 Å². The second kappa shape index (κ2) is 9.66. The van der Waals surface area contributed by atoms with Crippen LogP contribution in [0.3, 0.4) is 0 Å². The van der Waals surface area contributed by atoms with Crippen LogP contribution in [0.5, 0.6) is 0 Å². The maximum atomic E-state index is 10.6. The molecule has 0 spiro atoms. The lowest BCUT2D eigenvalue weighted by molar-refractivity contribution is -0.192. The standard InChI is InChI=1S/C19H19Cl2N3O.C2HF3O2/c20-14-6-8-24-16(18(21)23-17(24)9-14)10-22-11-19(12-25)7-5-13-3-1-2-4-15(13)19;3-2(4,5)1(6)7/h1-4,6,8-9,22,25H,5,7,10-12H2;(H,6,7). The van der Waals surface area contributed by atoms with E-state index in [1.54, 1.807) is 6.07 Å². The van der Waals surface area contributed by atoms with Crippen molar-refractivity contribution in [3.8, 4) is 0 Å². The van der Waals surface area contributed by atoms with Gasteiger partial charge in [-0.25, -0.2) is 9.78 Å². The number of nitrogens with one attached hydrogen (secondary N) is 1. The zero-order chi connectivity index (χ0) is 23.5. The van der Waals surface area contributed by atoms with Gasteiger partial charge >= 0.3 is 12.1 Å². The normalized spacial score (nSPS) is 17.7. The molecule has 3 N–H and O–H groups in total. The fourth-order valence-electron chi connectivity index (χ4n) is 3.79. The van der Waals surface area contributed by atoms with E-state index in [1.807, 2.05) is 22.7 Å². The van der Waals surface area contributed by atoms with Crippen LogP contribution in [0.15, 0.2) is 42.6 Å². The second-order valence-electron chi connectivity index (χ2n) is 7.42. The first-order valence-corrected chi connectivity index (χ1v) is 10.3. The molecule has 2 heterocycles. The number of carboxylic acid groups (broad SMARTS) is 1. The molecule has 1 aliphatic carbocycles. The zero-order valence-corrected chi connectivity index (χ0v) is 18.2. The highest BCUT2D eigenvalue weighted by molar-refractivity contribution is 6.31. The van der Waals surface area contributed by atoms with E-state index in [-0.39, 0.29) is 12.0 Å². The molecule has 1 aromatic carbocycles. The van der Waals surface area contributed by atoms with Gasteiger partial charge in [-0.1, -0.05) is 47.5 Å². The summed E-state index contributed by atoms with van der Waals surface area (Å²) in [4.78, 5) is 13.2. The Bertz CT molecular complexity index is 1120. The van der Waals surface area contributed by atoms with Crippen LogP contribution in [-0.2, 0) is 23.2 Å². The van der Waals surface area contributed by atoms with Gasteiger partial charge in [0.1, 0.15) is 5.65 Å². The predicted molar refractivity (Wildman–Crippen MR) is 114 cm³/mol. The summed E-state index contributed by atoms with van der Waals surface area (Å²) in [6.07, 6.45) is -1.25. The third-order valence-electron chi connectivity index (χ3n) is 5.40. The van der Waals surface area contributed by atoms with Crippen LogP contribution in [0.25, 0.3) is 5.65 Å². The Morgan fingerprint density at radius 1 is 1.25 bits per heavy atom. The smallest absolute Gasteiger partial charge is 0.475 e. The number of imidazole rings is 1. The first-order chi connectivity index (χ1) is 15.1. The summed E-state index contributed by atoms with van der Waals surface area (Å²) < 4.78 is 33.7. The molecule has 1 unspecified atom stereocenters. The monoisotopic (exact) mass is 489 g/mol. The molecular weight excluding hydrogens is 470 g/mol. The highest BCUT2D eigenvalue weighted by Crippen LogP contribution is 2.38. The third kappa shape index (κ3) is 5.17. The van der Waals surface area contributed by atoms with Gasteiger partial charge in [-0.2, -0.15) is 13.2 Å². The van der Waals surface area contributed by atoms with Crippen LogP contribution in [0.2, 0.25) is 10.2 Å². The lowest BCUT2D eigenvalue weighted by atomic mass is 9.82. The van der Waals surface area contributed by atoms with E-state index in [1.165, 1.54) is 11.1 Å². The predicted octanol–water partition coefficient (Wildman–Crippen LogP) is 4.24. The van der Waals surface area contributed by atoms with Crippen molar-refractivity contribution in [3.05, 3.63) is 69.6 Å². The number of rotatable bonds is 5. The molecule has 0 amide bonds. The number of nitrogens with zero attached hydrogens (tertiary/aromatic N) is 2. The van der Waals surface area contributed by atoms with Crippen molar-refractivity contribution >= 4 is 34.8 Å². The molecule has 32 heavy (non-hydrogen) atoms. The van der Waals surface area contributed by atoms with Gasteiger partial charge in [0.15, 0.2) is 5.15 Å². The van der Waals surface area contributed by atoms with Crippen LogP contribution in [-0.4, -0.2) is 44.9 Å². The molecule has 0 radical (unpaired) electrons. The number of carbonyl (C=O) groups is 1. The van der Waals surface area contributed by atoms with Gasteiger partial charge in [-0.3, -0.25) is 0 Å². The number of alkyl halides is 3. The Morgan fingerprint density at radius 3 is 2.59 bits per heavy atom. The average Bonchev–Trinajstić information content (AvgIpc) is 3.25. The van der Waals surface area contributed by atoms with E-state index in [4.69, 9.17) is 33.1 Å². The lowest BCUT2D eigenvalue weighted by Crippen LogP contribution is -2.39. The number of halogens is 5. The fraction of sp³-hybridized carbons (Fsp3) is 0.333. The first-order valence-electron chi connectivity index (χ1n) is 9.59. The number of aromatic nitrogens is 2. The van der Waals surface area contributed by atoms with Gasteiger partial charge < -0.3 is 19.9 Å². The SMILES string of the molecule is O=C(O)C(F)(F)F.OCC1(CNCc2c(Cl)nc3cc(Cl)ccn23)CCc2ccccc21. The van der Waals surface area contributed by atoms with Crippen molar-refractivity contribution in [2.75, 3.05) is 13.2 Å². The zero-order valence-electron chi connectivity index (χ0n) is 16.7. The highest BCUT2D eigenvalue weighted by atomic mass is 35.5. The molecule has 4 rings (SSSR count). The molecular formula is C21H20Cl2F3N3O3. The Balaban J connectivity index is 0.000000360. The first kappa shape index (κ1) is 24.3. The van der Waals surface area contributed by atoms with Crippen LogP contribution >= 0.6 is 23.2 Å². The Labute approximate surface area is 191 Å². The van der Waals surface area contributed by atoms with E-state index in [9.17, 15) is 18.3 Å². The molecule has 1 atom stereocenters. The molecule has 0 saturated carbocycles. The van der Waals surface area contributed by atoms with Crippen LogP contribution in [0.4, 0.5) is 13.2 Å². The summed E-state index contributed by atoms with van der Waals surface area (Å²) in [7, 11) is 0. The minimum atomic E-state index is -5.08. The van der Waals surface area contributed by atoms with Gasteiger partial charge in [-0.05, 0) is 30.0 Å². The minimum Gasteiger partial charge on any atom is -0.475 e. The minimum absolute atomic E-state index is 0.132. The Hall–Kier alpha value is -2.33. The number of benzene rings is 1. The van der Waals surface area contributed by atoms with Crippen molar-refractivity contribution in [3.63, 3.8) is 0 Å².